The van der Waals surface area contributed by atoms with Gasteiger partial charge >= 0.3 is 18.1 Å². The van der Waals surface area contributed by atoms with E-state index in [1.165, 1.54) is 28.1 Å². The van der Waals surface area contributed by atoms with Gasteiger partial charge in [0.25, 0.3) is 0 Å². The summed E-state index contributed by atoms with van der Waals surface area (Å²) in [5, 5.41) is 0. The van der Waals surface area contributed by atoms with Crippen molar-refractivity contribution >= 4 is 52.1 Å². The number of phosphoric ester groups is 1. The topological polar surface area (TPSA) is 278 Å². The van der Waals surface area contributed by atoms with Crippen molar-refractivity contribution in [2.45, 2.75) is 48.6 Å². The fourth-order valence-corrected chi connectivity index (χ4v) is 7.93. The second kappa shape index (κ2) is 9.99. The van der Waals surface area contributed by atoms with E-state index in [1.54, 1.807) is 0 Å². The number of imidazole rings is 2. The number of hydrogen-bond acceptors (Lipinski definition) is 17. The predicted octanol–water partition coefficient (Wildman–Crippen LogP) is -1.53. The molecule has 4 aliphatic heterocycles. The van der Waals surface area contributed by atoms with Gasteiger partial charge in [-0.15, -0.1) is 0 Å². The van der Waals surface area contributed by atoms with E-state index < -0.39 is 79.9 Å². The highest BCUT2D eigenvalue weighted by molar-refractivity contribution is 7.84. The number of nitrogens with one attached hydrogen (secondary N) is 1. The summed E-state index contributed by atoms with van der Waals surface area (Å²) in [6, 6.07) is 0. The van der Waals surface area contributed by atoms with E-state index in [4.69, 9.17) is 38.9 Å². The van der Waals surface area contributed by atoms with Gasteiger partial charge in [0.1, 0.15) is 48.1 Å². The van der Waals surface area contributed by atoms with E-state index in [0.29, 0.717) is 0 Å². The van der Waals surface area contributed by atoms with Gasteiger partial charge in [0.15, 0.2) is 47.2 Å². The number of hydrogen-bond donors (Lipinski definition) is 4. The lowest BCUT2D eigenvalue weighted by atomic mass is 9.88. The van der Waals surface area contributed by atoms with Crippen LogP contribution in [0.15, 0.2) is 25.3 Å². The molecular formula is C21H23FN11O10PS. The van der Waals surface area contributed by atoms with E-state index in [9.17, 15) is 17.9 Å². The van der Waals surface area contributed by atoms with Gasteiger partial charge in [-0.1, -0.05) is 0 Å². The highest BCUT2D eigenvalue weighted by atomic mass is 32.2. The maximum absolute atomic E-state index is 15.9. The fraction of sp³-hybridized carbons (Fsp3) is 0.524. The maximum atomic E-state index is 15.9. The van der Waals surface area contributed by atoms with Crippen LogP contribution < -0.4 is 16.2 Å². The predicted molar refractivity (Wildman–Crippen MR) is 143 cm³/mol. The summed E-state index contributed by atoms with van der Waals surface area (Å²) in [5.74, 6) is 0.122. The van der Waals surface area contributed by atoms with E-state index in [2.05, 4.69) is 34.6 Å². The Morgan fingerprint density at radius 3 is 2.27 bits per heavy atom. The molecule has 0 saturated carbocycles. The van der Waals surface area contributed by atoms with Crippen LogP contribution in [0.2, 0.25) is 0 Å². The number of alkyl halides is 1. The monoisotopic (exact) mass is 671 g/mol. The summed E-state index contributed by atoms with van der Waals surface area (Å²) in [5.41, 5.74) is 10.8. The molecule has 24 heteroatoms. The van der Waals surface area contributed by atoms with Crippen molar-refractivity contribution in [2.24, 2.45) is 0 Å². The Morgan fingerprint density at radius 2 is 1.64 bits per heavy atom. The van der Waals surface area contributed by atoms with Crippen molar-refractivity contribution in [3.8, 4) is 0 Å². The lowest BCUT2D eigenvalue weighted by Gasteiger charge is -2.45. The number of phosphoric acid groups is 1. The highest BCUT2D eigenvalue weighted by Crippen LogP contribution is 2.54. The summed E-state index contributed by atoms with van der Waals surface area (Å²) < 4.78 is 94.3. The molecule has 240 valence electrons. The van der Waals surface area contributed by atoms with Crippen molar-refractivity contribution in [2.75, 3.05) is 31.2 Å². The average molecular weight is 672 g/mol. The molecule has 0 aromatic carbocycles. The van der Waals surface area contributed by atoms with Crippen molar-refractivity contribution in [1.82, 2.24) is 43.8 Å². The molecule has 0 aliphatic carbocycles. The number of nitrogen functional groups attached to an aromatic ring is 2. The van der Waals surface area contributed by atoms with Gasteiger partial charge in [0.05, 0.1) is 25.9 Å². The Bertz CT molecular complexity index is 1980. The molecule has 6 N–H and O–H groups in total. The lowest BCUT2D eigenvalue weighted by Crippen LogP contribution is -2.66. The largest absolute Gasteiger partial charge is 0.472 e. The van der Waals surface area contributed by atoms with Crippen molar-refractivity contribution in [3.63, 3.8) is 0 Å². The molecule has 4 aromatic heterocycles. The second-order valence-electron chi connectivity index (χ2n) is 10.6. The van der Waals surface area contributed by atoms with Crippen LogP contribution in [-0.4, -0.2) is 108 Å². The molecule has 0 amide bonds. The third kappa shape index (κ3) is 4.50. The number of ether oxygens (including phenoxy) is 3. The molecule has 1 unspecified atom stereocenters. The first-order valence-electron chi connectivity index (χ1n) is 13.2. The summed E-state index contributed by atoms with van der Waals surface area (Å²) in [6.45, 7) is -1.64. The normalized spacial score (nSPS) is 38.1. The minimum atomic E-state index is -5.04. The lowest BCUT2D eigenvalue weighted by molar-refractivity contribution is -0.220. The van der Waals surface area contributed by atoms with Crippen LogP contribution >= 0.6 is 7.82 Å². The first kappa shape index (κ1) is 28.9. The van der Waals surface area contributed by atoms with Gasteiger partial charge in [0.2, 0.25) is 0 Å². The smallest absolute Gasteiger partial charge is 0.382 e. The van der Waals surface area contributed by atoms with Crippen LogP contribution in [0.4, 0.5) is 16.0 Å². The zero-order valence-corrected chi connectivity index (χ0v) is 24.3. The van der Waals surface area contributed by atoms with Gasteiger partial charge in [-0.3, -0.25) is 18.2 Å². The minimum absolute atomic E-state index is 0.0272. The molecule has 4 aliphatic rings. The fourth-order valence-electron chi connectivity index (χ4n) is 5.90. The van der Waals surface area contributed by atoms with Crippen LogP contribution in [0.1, 0.15) is 12.5 Å². The third-order valence-corrected chi connectivity index (χ3v) is 10.1. The number of fused-ring (bicyclic) bond motifs is 3. The summed E-state index contributed by atoms with van der Waals surface area (Å²) in [4.78, 5) is 34.9. The Kier molecular flexibility index (Phi) is 6.42. The molecule has 21 nitrogen and oxygen atoms in total. The molecule has 4 saturated heterocycles. The van der Waals surface area contributed by atoms with Crippen LogP contribution in [-0.2, 0) is 42.3 Å². The summed E-state index contributed by atoms with van der Waals surface area (Å²) >= 11 is 0. The maximum Gasteiger partial charge on any atom is 0.472 e. The van der Waals surface area contributed by atoms with Gasteiger partial charge in [-0.2, -0.15) is 13.1 Å². The Hall–Kier alpha value is -3.51. The molecule has 0 radical (unpaired) electrons. The number of anilines is 2. The molecule has 1 spiro atoms. The van der Waals surface area contributed by atoms with Crippen LogP contribution in [0.3, 0.4) is 0 Å². The number of nitrogens with two attached hydrogens (primary N) is 2. The molecule has 4 fully saturated rings. The molecular weight excluding hydrogens is 648 g/mol. The molecule has 8 rings (SSSR count). The molecule has 9 atom stereocenters. The van der Waals surface area contributed by atoms with Gasteiger partial charge in [0, 0.05) is 6.54 Å². The van der Waals surface area contributed by atoms with Crippen LogP contribution in [0.25, 0.3) is 22.3 Å². The molecule has 45 heavy (non-hydrogen) atoms. The van der Waals surface area contributed by atoms with Crippen molar-refractivity contribution in [3.05, 3.63) is 25.3 Å². The number of nitrogens with zero attached hydrogens (tertiary/aromatic N) is 8. The van der Waals surface area contributed by atoms with Gasteiger partial charge in [-0.05, 0) is 0 Å². The van der Waals surface area contributed by atoms with Crippen LogP contribution in [0.5, 0.6) is 0 Å². The standard InChI is InChI=1S/C21H23FN11O10PS/c22-10-13-8(40-19(10)32-6-29-11-15(23)25-4-27-17(11)32)1-31-45(36,37)43-21-3-38-14(21)20(41-9(21)2-39-44(34,35)42-13)33-7-30-12-16(24)26-5-28-18(12)33/h4-10,13-14,19-20,31H,1-3H2,(H,34,35)(H2,23,25,27)(H2,24,26,28)/t8-,9-,10-,13-,14+,19-,20-,21-/m1/s1. The first-order valence-corrected chi connectivity index (χ1v) is 16.2. The SMILES string of the molecule is Nc1ncnc2c1ncn2[C@@H]1O[C@@H]2CNS(=O)(=O)O[C@@]34CO[C@H]3[C@H](n3cnc5c(N)ncnc53)O[C@@H]4COP(=O)(O)O[C@H]2[C@H]1F. The van der Waals surface area contributed by atoms with Crippen LogP contribution in [0, 0.1) is 0 Å². The highest BCUT2D eigenvalue weighted by Gasteiger charge is 2.68. The third-order valence-electron chi connectivity index (χ3n) is 8.04. The number of aromatic nitrogens is 8. The van der Waals surface area contributed by atoms with E-state index in [0.717, 1.165) is 6.33 Å². The van der Waals surface area contributed by atoms with E-state index in [-0.39, 0.29) is 40.6 Å². The second-order valence-corrected chi connectivity index (χ2v) is 13.4. The zero-order chi connectivity index (χ0) is 31.3. The molecule has 0 bridgehead atoms. The minimum Gasteiger partial charge on any atom is -0.382 e. The summed E-state index contributed by atoms with van der Waals surface area (Å²) in [6.07, 6.45) is -5.45. The van der Waals surface area contributed by atoms with Gasteiger partial charge in [-0.25, -0.2) is 43.0 Å². The van der Waals surface area contributed by atoms with Crippen molar-refractivity contribution < 1.29 is 49.7 Å². The molecule has 8 heterocycles. The average Bonchev–Trinajstić information content (AvgIpc) is 3.72. The first-order chi connectivity index (χ1) is 21.5. The Balaban J connectivity index is 1.10. The summed E-state index contributed by atoms with van der Waals surface area (Å²) in [7, 11) is -9.66. The van der Waals surface area contributed by atoms with E-state index >= 15 is 4.39 Å². The quantitative estimate of drug-likeness (QED) is 0.176. The Morgan fingerprint density at radius 1 is 1.00 bits per heavy atom. The van der Waals surface area contributed by atoms with Crippen molar-refractivity contribution in [1.29, 1.82) is 0 Å². The molecule has 4 aromatic rings. The zero-order valence-electron chi connectivity index (χ0n) is 22.6. The Labute approximate surface area is 250 Å². The van der Waals surface area contributed by atoms with Gasteiger partial charge < -0.3 is 30.6 Å². The number of halogens is 1. The van der Waals surface area contributed by atoms with E-state index in [1.807, 2.05) is 0 Å². The number of rotatable bonds is 2.